The number of aromatic nitrogens is 1. The maximum Gasteiger partial charge on any atom is 0.350 e. The van der Waals surface area contributed by atoms with Crippen LogP contribution < -0.4 is 9.64 Å². The summed E-state index contributed by atoms with van der Waals surface area (Å²) in [5, 5.41) is 11.5. The minimum absolute atomic E-state index is 0.0733. The van der Waals surface area contributed by atoms with Crippen LogP contribution in [-0.4, -0.2) is 41.0 Å². The SMILES string of the molecule is CCCOc1ccc(/C(O)=C2\C(=O)C(=O)N(c3nc(C)c(C(=O)OCC)s3)C2c2cccc(Br)c2)cc1. The molecule has 8 nitrogen and oxygen atoms in total. The number of carbonyl (C=O) groups is 3. The number of benzene rings is 2. The number of thiazole rings is 1. The van der Waals surface area contributed by atoms with E-state index in [1.54, 1.807) is 56.3 Å². The van der Waals surface area contributed by atoms with Gasteiger partial charge in [0.05, 0.1) is 30.5 Å². The third-order valence-electron chi connectivity index (χ3n) is 5.66. The molecule has 3 aromatic rings. The zero-order valence-corrected chi connectivity index (χ0v) is 22.9. The summed E-state index contributed by atoms with van der Waals surface area (Å²) in [6, 6.07) is 12.8. The van der Waals surface area contributed by atoms with Crippen molar-refractivity contribution in [3.8, 4) is 5.75 Å². The van der Waals surface area contributed by atoms with Crippen molar-refractivity contribution < 1.29 is 29.0 Å². The first-order valence-corrected chi connectivity index (χ1v) is 13.3. The number of hydrogen-bond donors (Lipinski definition) is 1. The Hall–Kier alpha value is -3.50. The van der Waals surface area contributed by atoms with Crippen LogP contribution >= 0.6 is 27.3 Å². The molecule has 1 unspecified atom stereocenters. The first kappa shape index (κ1) is 26.6. The average Bonchev–Trinajstić information content (AvgIpc) is 3.39. The number of aryl methyl sites for hydroxylation is 1. The monoisotopic (exact) mass is 584 g/mol. The van der Waals surface area contributed by atoms with Gasteiger partial charge in [-0.3, -0.25) is 14.5 Å². The number of Topliss-reactive ketones (excluding diaryl/α,β-unsaturated/α-hetero) is 1. The third-order valence-corrected chi connectivity index (χ3v) is 7.29. The van der Waals surface area contributed by atoms with Gasteiger partial charge in [-0.15, -0.1) is 0 Å². The van der Waals surface area contributed by atoms with Gasteiger partial charge in [0.1, 0.15) is 16.4 Å². The molecule has 1 aliphatic rings. The Morgan fingerprint density at radius 2 is 1.89 bits per heavy atom. The zero-order chi connectivity index (χ0) is 26.7. The molecule has 37 heavy (non-hydrogen) atoms. The van der Waals surface area contributed by atoms with Crippen molar-refractivity contribution in [1.82, 2.24) is 4.98 Å². The molecule has 1 aromatic heterocycles. The first-order valence-electron chi connectivity index (χ1n) is 11.7. The number of hydrogen-bond acceptors (Lipinski definition) is 8. The molecule has 0 spiro atoms. The van der Waals surface area contributed by atoms with Crippen molar-refractivity contribution in [2.24, 2.45) is 0 Å². The lowest BCUT2D eigenvalue weighted by atomic mass is 9.95. The Bertz CT molecular complexity index is 1380. The molecule has 2 aromatic carbocycles. The highest BCUT2D eigenvalue weighted by molar-refractivity contribution is 9.10. The van der Waals surface area contributed by atoms with E-state index < -0.39 is 23.7 Å². The summed E-state index contributed by atoms with van der Waals surface area (Å²) in [4.78, 5) is 45.0. The number of aliphatic hydroxyl groups is 1. The Balaban J connectivity index is 1.85. The minimum Gasteiger partial charge on any atom is -0.507 e. The van der Waals surface area contributed by atoms with Crippen LogP contribution in [0.5, 0.6) is 5.75 Å². The lowest BCUT2D eigenvalue weighted by molar-refractivity contribution is -0.132. The fourth-order valence-corrected chi connectivity index (χ4v) is 5.38. The lowest BCUT2D eigenvalue weighted by Crippen LogP contribution is -2.29. The molecule has 1 N–H and O–H groups in total. The molecule has 1 atom stereocenters. The molecule has 0 saturated carbocycles. The van der Waals surface area contributed by atoms with E-state index >= 15 is 0 Å². The van der Waals surface area contributed by atoms with E-state index in [1.807, 2.05) is 13.0 Å². The molecule has 0 radical (unpaired) electrons. The predicted molar refractivity (Wildman–Crippen MR) is 144 cm³/mol. The molecule has 0 aliphatic carbocycles. The van der Waals surface area contributed by atoms with E-state index in [0.29, 0.717) is 29.2 Å². The van der Waals surface area contributed by atoms with Gasteiger partial charge in [0.25, 0.3) is 5.78 Å². The number of anilines is 1. The molecular formula is C27H25BrN2O6S. The molecular weight excluding hydrogens is 560 g/mol. The van der Waals surface area contributed by atoms with Crippen LogP contribution in [0.25, 0.3) is 5.76 Å². The van der Waals surface area contributed by atoms with E-state index in [2.05, 4.69) is 20.9 Å². The van der Waals surface area contributed by atoms with Crippen molar-refractivity contribution in [3.63, 3.8) is 0 Å². The Morgan fingerprint density at radius 3 is 2.54 bits per heavy atom. The molecule has 4 rings (SSSR count). The van der Waals surface area contributed by atoms with Crippen LogP contribution in [0.1, 0.15) is 52.8 Å². The van der Waals surface area contributed by atoms with E-state index in [4.69, 9.17) is 9.47 Å². The van der Waals surface area contributed by atoms with Gasteiger partial charge in [0.2, 0.25) is 0 Å². The maximum atomic E-state index is 13.4. The number of ether oxygens (including phenoxy) is 2. The fourth-order valence-electron chi connectivity index (χ4n) is 3.98. The minimum atomic E-state index is -0.964. The topological polar surface area (TPSA) is 106 Å². The predicted octanol–water partition coefficient (Wildman–Crippen LogP) is 5.81. The number of esters is 1. The molecule has 1 fully saturated rings. The highest BCUT2D eigenvalue weighted by Gasteiger charge is 2.48. The number of nitrogens with zero attached hydrogens (tertiary/aromatic N) is 2. The van der Waals surface area contributed by atoms with Gasteiger partial charge in [-0.1, -0.05) is 46.3 Å². The van der Waals surface area contributed by atoms with Crippen LogP contribution in [0.15, 0.2) is 58.6 Å². The summed E-state index contributed by atoms with van der Waals surface area (Å²) in [5.41, 5.74) is 1.26. The van der Waals surface area contributed by atoms with Gasteiger partial charge in [-0.05, 0) is 62.2 Å². The van der Waals surface area contributed by atoms with Gasteiger partial charge in [-0.2, -0.15) is 0 Å². The quantitative estimate of drug-likeness (QED) is 0.154. The summed E-state index contributed by atoms with van der Waals surface area (Å²) in [5.74, 6) is -1.93. The number of amides is 1. The largest absolute Gasteiger partial charge is 0.507 e. The summed E-state index contributed by atoms with van der Waals surface area (Å²) in [6.45, 7) is 6.08. The highest BCUT2D eigenvalue weighted by atomic mass is 79.9. The molecule has 192 valence electrons. The van der Waals surface area contributed by atoms with Gasteiger partial charge in [-0.25, -0.2) is 9.78 Å². The molecule has 10 heteroatoms. The standard InChI is InChI=1S/C27H25BrN2O6S/c1-4-13-36-19-11-9-16(10-12-19)22(31)20-21(17-7-6-8-18(28)14-17)30(25(33)23(20)32)27-29-15(3)24(37-27)26(34)35-5-2/h6-12,14,21,31H,4-5,13H2,1-3H3/b22-20+. The summed E-state index contributed by atoms with van der Waals surface area (Å²) in [7, 11) is 0. The molecule has 2 heterocycles. The Labute approximate surface area is 226 Å². The van der Waals surface area contributed by atoms with Crippen molar-refractivity contribution >= 4 is 55.8 Å². The maximum absolute atomic E-state index is 13.4. The second kappa shape index (κ2) is 11.3. The van der Waals surface area contributed by atoms with Crippen LogP contribution in [-0.2, 0) is 14.3 Å². The van der Waals surface area contributed by atoms with Crippen LogP contribution in [0.2, 0.25) is 0 Å². The average molecular weight is 585 g/mol. The number of ketones is 1. The third kappa shape index (κ3) is 5.30. The lowest BCUT2D eigenvalue weighted by Gasteiger charge is -2.23. The summed E-state index contributed by atoms with van der Waals surface area (Å²) < 4.78 is 11.4. The smallest absolute Gasteiger partial charge is 0.350 e. The van der Waals surface area contributed by atoms with E-state index in [-0.39, 0.29) is 27.9 Å². The van der Waals surface area contributed by atoms with Crippen molar-refractivity contribution in [2.75, 3.05) is 18.1 Å². The molecule has 1 saturated heterocycles. The van der Waals surface area contributed by atoms with Crippen LogP contribution in [0.3, 0.4) is 0 Å². The molecule has 0 bridgehead atoms. The molecule has 1 aliphatic heterocycles. The van der Waals surface area contributed by atoms with E-state index in [0.717, 1.165) is 22.2 Å². The second-order valence-corrected chi connectivity index (χ2v) is 10.1. The fraction of sp³-hybridized carbons (Fsp3) is 0.259. The number of aliphatic hydroxyl groups excluding tert-OH is 1. The van der Waals surface area contributed by atoms with Crippen LogP contribution in [0.4, 0.5) is 5.13 Å². The van der Waals surface area contributed by atoms with Crippen LogP contribution in [0, 0.1) is 6.92 Å². The van der Waals surface area contributed by atoms with E-state index in [9.17, 15) is 19.5 Å². The van der Waals surface area contributed by atoms with Gasteiger partial charge >= 0.3 is 11.9 Å². The van der Waals surface area contributed by atoms with Gasteiger partial charge < -0.3 is 14.6 Å². The van der Waals surface area contributed by atoms with Crippen molar-refractivity contribution in [2.45, 2.75) is 33.2 Å². The van der Waals surface area contributed by atoms with Crippen molar-refractivity contribution in [1.29, 1.82) is 0 Å². The van der Waals surface area contributed by atoms with E-state index in [1.165, 1.54) is 4.90 Å². The highest BCUT2D eigenvalue weighted by Crippen LogP contribution is 2.44. The van der Waals surface area contributed by atoms with Gasteiger partial charge in [0.15, 0.2) is 5.13 Å². The molecule has 1 amide bonds. The Morgan fingerprint density at radius 1 is 1.16 bits per heavy atom. The van der Waals surface area contributed by atoms with Gasteiger partial charge in [0, 0.05) is 10.0 Å². The second-order valence-electron chi connectivity index (χ2n) is 8.23. The number of halogens is 1. The normalized spacial score (nSPS) is 16.8. The Kier molecular flexibility index (Phi) is 8.09. The van der Waals surface area contributed by atoms with Crippen molar-refractivity contribution in [3.05, 3.63) is 80.3 Å². The summed E-state index contributed by atoms with van der Waals surface area (Å²) >= 11 is 4.41. The first-order chi connectivity index (χ1) is 17.8. The number of carbonyl (C=O) groups excluding carboxylic acids is 3. The summed E-state index contributed by atoms with van der Waals surface area (Å²) in [6.07, 6.45) is 0.853. The zero-order valence-electron chi connectivity index (χ0n) is 20.5. The number of rotatable bonds is 8.